The largest absolute Gasteiger partial charge is 0.465 e. The first kappa shape index (κ1) is 20.8. The molecule has 1 N–H and O–H groups in total. The van der Waals surface area contributed by atoms with Crippen molar-refractivity contribution >= 4 is 34.0 Å². The number of carbonyl (C=O) groups is 1. The SMILES string of the molecule is COC(=O)c1c(Nc2nc3sc(C)c(C)n3n2)nnc(-c2ccccc2)c1-c1ccccc1. The summed E-state index contributed by atoms with van der Waals surface area (Å²) in [5.74, 6) is 0.0276. The van der Waals surface area contributed by atoms with E-state index < -0.39 is 5.97 Å². The maximum Gasteiger partial charge on any atom is 0.342 e. The van der Waals surface area contributed by atoms with Gasteiger partial charge in [0.1, 0.15) is 11.3 Å². The third-order valence-electron chi connectivity index (χ3n) is 5.35. The Balaban J connectivity index is 1.71. The molecule has 0 amide bonds. The highest BCUT2D eigenvalue weighted by Gasteiger charge is 2.26. The second kappa shape index (κ2) is 8.44. The van der Waals surface area contributed by atoms with E-state index in [0.717, 1.165) is 26.7 Å². The fourth-order valence-electron chi connectivity index (χ4n) is 3.61. The van der Waals surface area contributed by atoms with Crippen molar-refractivity contribution in [3.63, 3.8) is 0 Å². The zero-order chi connectivity index (χ0) is 22.9. The Hall–Kier alpha value is -4.11. The molecule has 0 saturated heterocycles. The van der Waals surface area contributed by atoms with Crippen molar-refractivity contribution in [1.82, 2.24) is 24.8 Å². The van der Waals surface area contributed by atoms with Gasteiger partial charge in [-0.25, -0.2) is 9.31 Å². The number of carbonyl (C=O) groups excluding carboxylic acids is 1. The van der Waals surface area contributed by atoms with E-state index >= 15 is 0 Å². The van der Waals surface area contributed by atoms with E-state index in [9.17, 15) is 4.79 Å². The van der Waals surface area contributed by atoms with E-state index in [1.54, 1.807) is 15.9 Å². The normalized spacial score (nSPS) is 11.0. The molecule has 33 heavy (non-hydrogen) atoms. The first-order valence-electron chi connectivity index (χ1n) is 10.3. The molecule has 3 aromatic heterocycles. The van der Waals surface area contributed by atoms with Crippen LogP contribution in [0.2, 0.25) is 0 Å². The van der Waals surface area contributed by atoms with Gasteiger partial charge in [-0.05, 0) is 19.4 Å². The van der Waals surface area contributed by atoms with Gasteiger partial charge in [-0.3, -0.25) is 0 Å². The Labute approximate surface area is 193 Å². The monoisotopic (exact) mass is 456 g/mol. The standard InChI is InChI=1S/C24H20N6O2S/c1-14-15(2)33-24-26-23(29-30(14)24)25-21-19(22(31)32-3)18(16-10-6-4-7-11-16)20(27-28-21)17-12-8-5-9-13-17/h4-13H,1-3H3,(H,25,28,29). The second-order valence-corrected chi connectivity index (χ2v) is 8.55. The molecule has 0 unspecified atom stereocenters. The van der Waals surface area contributed by atoms with Gasteiger partial charge in [-0.15, -0.1) is 15.3 Å². The number of methoxy groups -OCH3 is 1. The molecule has 0 saturated carbocycles. The van der Waals surface area contributed by atoms with Crippen molar-refractivity contribution in [3.8, 4) is 22.4 Å². The smallest absolute Gasteiger partial charge is 0.342 e. The Bertz CT molecular complexity index is 1460. The van der Waals surface area contributed by atoms with Crippen LogP contribution in [0.15, 0.2) is 60.7 Å². The van der Waals surface area contributed by atoms with Gasteiger partial charge < -0.3 is 10.1 Å². The highest BCUT2D eigenvalue weighted by Crippen LogP contribution is 2.37. The summed E-state index contributed by atoms with van der Waals surface area (Å²) >= 11 is 1.55. The fraction of sp³-hybridized carbons (Fsp3) is 0.125. The molecule has 0 aliphatic heterocycles. The quantitative estimate of drug-likeness (QED) is 0.369. The van der Waals surface area contributed by atoms with Gasteiger partial charge in [0.25, 0.3) is 0 Å². The number of aryl methyl sites for hydroxylation is 2. The summed E-state index contributed by atoms with van der Waals surface area (Å²) < 4.78 is 6.92. The summed E-state index contributed by atoms with van der Waals surface area (Å²) in [5, 5.41) is 16.5. The molecule has 2 aromatic carbocycles. The summed E-state index contributed by atoms with van der Waals surface area (Å²) in [5.41, 5.74) is 4.15. The average Bonchev–Trinajstić information content (AvgIpc) is 3.36. The van der Waals surface area contributed by atoms with E-state index in [1.807, 2.05) is 74.5 Å². The van der Waals surface area contributed by atoms with Crippen LogP contribution >= 0.6 is 11.3 Å². The van der Waals surface area contributed by atoms with Crippen LogP contribution in [0.1, 0.15) is 20.9 Å². The summed E-state index contributed by atoms with van der Waals surface area (Å²) in [6.45, 7) is 4.01. The van der Waals surface area contributed by atoms with Crippen molar-refractivity contribution in [2.45, 2.75) is 13.8 Å². The third kappa shape index (κ3) is 3.72. The van der Waals surface area contributed by atoms with Crippen LogP contribution < -0.4 is 5.32 Å². The fourth-order valence-corrected chi connectivity index (χ4v) is 4.51. The minimum atomic E-state index is -0.531. The lowest BCUT2D eigenvalue weighted by Gasteiger charge is -2.16. The minimum absolute atomic E-state index is 0.230. The van der Waals surface area contributed by atoms with Crippen LogP contribution in [-0.2, 0) is 4.74 Å². The van der Waals surface area contributed by atoms with Gasteiger partial charge in [0.05, 0.1) is 12.8 Å². The van der Waals surface area contributed by atoms with Crippen LogP contribution in [0.4, 0.5) is 11.8 Å². The van der Waals surface area contributed by atoms with E-state index in [1.165, 1.54) is 7.11 Å². The molecule has 5 rings (SSSR count). The zero-order valence-corrected chi connectivity index (χ0v) is 19.1. The molecule has 0 aliphatic carbocycles. The van der Waals surface area contributed by atoms with Crippen molar-refractivity contribution < 1.29 is 9.53 Å². The number of hydrogen-bond donors (Lipinski definition) is 1. The number of anilines is 2. The number of hydrogen-bond acceptors (Lipinski definition) is 8. The Morgan fingerprint density at radius 3 is 2.27 bits per heavy atom. The molecular formula is C24H20N6O2S. The van der Waals surface area contributed by atoms with E-state index in [0.29, 0.717) is 17.2 Å². The lowest BCUT2D eigenvalue weighted by atomic mass is 9.95. The van der Waals surface area contributed by atoms with Gasteiger partial charge in [0.15, 0.2) is 5.82 Å². The number of nitrogens with zero attached hydrogens (tertiary/aromatic N) is 5. The molecule has 3 heterocycles. The number of fused-ring (bicyclic) bond motifs is 1. The molecule has 8 nitrogen and oxygen atoms in total. The van der Waals surface area contributed by atoms with Crippen LogP contribution in [0, 0.1) is 13.8 Å². The summed E-state index contributed by atoms with van der Waals surface area (Å²) in [6.07, 6.45) is 0. The first-order chi connectivity index (χ1) is 16.1. The predicted octanol–water partition coefficient (Wildman–Crippen LogP) is 5.06. The van der Waals surface area contributed by atoms with E-state index in [2.05, 4.69) is 25.6 Å². The molecule has 0 radical (unpaired) electrons. The summed E-state index contributed by atoms with van der Waals surface area (Å²) in [6, 6.07) is 19.2. The number of ether oxygens (including phenoxy) is 1. The van der Waals surface area contributed by atoms with E-state index in [-0.39, 0.29) is 11.4 Å². The topological polar surface area (TPSA) is 94.3 Å². The maximum absolute atomic E-state index is 13.0. The number of rotatable bonds is 5. The van der Waals surface area contributed by atoms with Crippen LogP contribution in [-0.4, -0.2) is 37.9 Å². The number of nitrogens with one attached hydrogen (secondary N) is 1. The number of esters is 1. The molecular weight excluding hydrogens is 436 g/mol. The number of thiazole rings is 1. The zero-order valence-electron chi connectivity index (χ0n) is 18.2. The third-order valence-corrected chi connectivity index (χ3v) is 6.40. The van der Waals surface area contributed by atoms with Crippen LogP contribution in [0.3, 0.4) is 0 Å². The molecule has 164 valence electrons. The van der Waals surface area contributed by atoms with Crippen molar-refractivity contribution in [2.75, 3.05) is 12.4 Å². The highest BCUT2D eigenvalue weighted by atomic mass is 32.1. The second-order valence-electron chi connectivity index (χ2n) is 7.37. The highest BCUT2D eigenvalue weighted by molar-refractivity contribution is 7.17. The van der Waals surface area contributed by atoms with Crippen molar-refractivity contribution in [2.24, 2.45) is 0 Å². The number of aromatic nitrogens is 5. The molecule has 0 aliphatic rings. The summed E-state index contributed by atoms with van der Waals surface area (Å²) in [4.78, 5) is 19.5. The molecule has 0 fully saturated rings. The lowest BCUT2D eigenvalue weighted by Crippen LogP contribution is -2.13. The van der Waals surface area contributed by atoms with Crippen LogP contribution in [0.5, 0.6) is 0 Å². The van der Waals surface area contributed by atoms with Gasteiger partial charge in [-0.1, -0.05) is 72.0 Å². The van der Waals surface area contributed by atoms with E-state index in [4.69, 9.17) is 4.74 Å². The summed E-state index contributed by atoms with van der Waals surface area (Å²) in [7, 11) is 1.35. The molecule has 0 atom stereocenters. The van der Waals surface area contributed by atoms with Gasteiger partial charge in [-0.2, -0.15) is 4.98 Å². The molecule has 0 bridgehead atoms. The molecule has 9 heteroatoms. The van der Waals surface area contributed by atoms with Crippen molar-refractivity contribution in [3.05, 3.63) is 76.8 Å². The van der Waals surface area contributed by atoms with Gasteiger partial charge in [0, 0.05) is 16.0 Å². The lowest BCUT2D eigenvalue weighted by molar-refractivity contribution is 0.0602. The average molecular weight is 457 g/mol. The van der Waals surface area contributed by atoms with Gasteiger partial charge >= 0.3 is 5.97 Å². The predicted molar refractivity (Wildman–Crippen MR) is 128 cm³/mol. The maximum atomic E-state index is 13.0. The Kier molecular flexibility index (Phi) is 5.31. The Morgan fingerprint density at radius 2 is 1.64 bits per heavy atom. The van der Waals surface area contributed by atoms with Crippen LogP contribution in [0.25, 0.3) is 27.3 Å². The molecule has 5 aromatic rings. The van der Waals surface area contributed by atoms with Crippen molar-refractivity contribution in [1.29, 1.82) is 0 Å². The number of benzene rings is 2. The first-order valence-corrected chi connectivity index (χ1v) is 11.1. The molecule has 0 spiro atoms. The van der Waals surface area contributed by atoms with Gasteiger partial charge in [0.2, 0.25) is 10.9 Å². The minimum Gasteiger partial charge on any atom is -0.465 e. The Morgan fingerprint density at radius 1 is 0.970 bits per heavy atom.